The van der Waals surface area contributed by atoms with E-state index in [1.54, 1.807) is 36.4 Å². The molecule has 0 saturated carbocycles. The van der Waals surface area contributed by atoms with Crippen LogP contribution in [-0.2, 0) is 15.3 Å². The van der Waals surface area contributed by atoms with Gasteiger partial charge in [-0.25, -0.2) is 23.7 Å². The summed E-state index contributed by atoms with van der Waals surface area (Å²) in [6.07, 6.45) is -0.412. The van der Waals surface area contributed by atoms with E-state index in [2.05, 4.69) is 11.1 Å². The Kier molecular flexibility index (Phi) is 5.05. The van der Waals surface area contributed by atoms with E-state index in [0.29, 0.717) is 16.7 Å². The van der Waals surface area contributed by atoms with Crippen molar-refractivity contribution in [3.8, 4) is 22.9 Å². The Labute approximate surface area is 172 Å². The van der Waals surface area contributed by atoms with E-state index < -0.39 is 18.1 Å². The Morgan fingerprint density at radius 2 is 2.00 bits per heavy atom. The molecule has 2 heterocycles. The number of halogens is 2. The number of guanidine groups is 1. The second-order valence-electron chi connectivity index (χ2n) is 7.08. The molecule has 0 fully saturated rings. The molecule has 7 nitrogen and oxygen atoms in total. The lowest BCUT2D eigenvalue weighted by molar-refractivity contribution is -0.275. The normalized spacial score (nSPS) is 23.3. The zero-order valence-corrected chi connectivity index (χ0v) is 16.3. The van der Waals surface area contributed by atoms with E-state index in [9.17, 15) is 5.26 Å². The highest BCUT2D eigenvalue weighted by Gasteiger charge is 2.62. The van der Waals surface area contributed by atoms with Crippen LogP contribution in [0.15, 0.2) is 47.5 Å². The molecule has 1 spiro atoms. The number of nitrogens with two attached hydrogens (primary N) is 1. The maximum atomic E-state index is 15.5. The standard InChI is InChI=1S/C21H20F2N4O3/c1-27-19(25)26-21(30-27)17-11-16(15-5-2-4-14(10-15)12-24)6-7-18(17)29-13-28-9-3-8-20(21,22)23/h2,4-7,10-11H,3,8-9,13H2,1H3,(H2,25,26). The fraction of sp³-hybridized carbons (Fsp3) is 0.333. The number of rotatable bonds is 1. The Hall–Kier alpha value is -3.22. The zero-order chi connectivity index (χ0) is 21.4. The molecular weight excluding hydrogens is 394 g/mol. The number of nitrogens with zero attached hydrogens (tertiary/aromatic N) is 3. The number of aliphatic imine (C=N–C) groups is 1. The molecule has 0 bridgehead atoms. The van der Waals surface area contributed by atoms with Crippen molar-refractivity contribution in [2.75, 3.05) is 20.4 Å². The van der Waals surface area contributed by atoms with E-state index in [-0.39, 0.29) is 37.1 Å². The monoisotopic (exact) mass is 414 g/mol. The van der Waals surface area contributed by atoms with Crippen molar-refractivity contribution in [2.24, 2.45) is 10.7 Å². The topological polar surface area (TPSA) is 93.1 Å². The summed E-state index contributed by atoms with van der Waals surface area (Å²) in [7, 11) is 1.42. The first-order valence-electron chi connectivity index (χ1n) is 9.38. The maximum Gasteiger partial charge on any atom is 0.303 e. The highest BCUT2D eigenvalue weighted by molar-refractivity contribution is 5.79. The van der Waals surface area contributed by atoms with Crippen molar-refractivity contribution in [3.63, 3.8) is 0 Å². The molecule has 30 heavy (non-hydrogen) atoms. The molecule has 0 saturated heterocycles. The summed E-state index contributed by atoms with van der Waals surface area (Å²) in [6.45, 7) is 0.0298. The minimum Gasteiger partial charge on any atom is -0.467 e. The van der Waals surface area contributed by atoms with Crippen molar-refractivity contribution in [1.82, 2.24) is 5.06 Å². The van der Waals surface area contributed by atoms with Crippen LogP contribution < -0.4 is 10.5 Å². The van der Waals surface area contributed by atoms with Crippen molar-refractivity contribution >= 4 is 5.96 Å². The van der Waals surface area contributed by atoms with Gasteiger partial charge in [-0.3, -0.25) is 0 Å². The lowest BCUT2D eigenvalue weighted by Crippen LogP contribution is -2.46. The van der Waals surface area contributed by atoms with Crippen LogP contribution in [0.25, 0.3) is 11.1 Å². The molecule has 2 aliphatic heterocycles. The number of hydrogen-bond donors (Lipinski definition) is 1. The van der Waals surface area contributed by atoms with Gasteiger partial charge in [0.05, 0.1) is 23.8 Å². The molecule has 2 aliphatic rings. The van der Waals surface area contributed by atoms with Crippen LogP contribution >= 0.6 is 0 Å². The van der Waals surface area contributed by atoms with Crippen LogP contribution in [0, 0.1) is 11.3 Å². The number of nitriles is 1. The van der Waals surface area contributed by atoms with Gasteiger partial charge in [0.15, 0.2) is 6.79 Å². The first kappa shape index (κ1) is 20.1. The van der Waals surface area contributed by atoms with E-state index >= 15 is 8.78 Å². The Morgan fingerprint density at radius 1 is 1.20 bits per heavy atom. The minimum atomic E-state index is -3.39. The molecule has 0 radical (unpaired) electrons. The van der Waals surface area contributed by atoms with Gasteiger partial charge in [-0.2, -0.15) is 5.26 Å². The third-order valence-electron chi connectivity index (χ3n) is 5.11. The van der Waals surface area contributed by atoms with Crippen molar-refractivity contribution in [1.29, 1.82) is 5.26 Å². The fourth-order valence-corrected chi connectivity index (χ4v) is 3.55. The average molecular weight is 414 g/mol. The molecular formula is C21H20F2N4O3. The Bertz CT molecular complexity index is 1040. The zero-order valence-electron chi connectivity index (χ0n) is 16.3. The fourth-order valence-electron chi connectivity index (χ4n) is 3.55. The van der Waals surface area contributed by atoms with Gasteiger partial charge in [0.1, 0.15) is 5.75 Å². The highest BCUT2D eigenvalue weighted by atomic mass is 19.3. The van der Waals surface area contributed by atoms with Crippen LogP contribution in [-0.4, -0.2) is 37.4 Å². The van der Waals surface area contributed by atoms with Gasteiger partial charge in [-0.1, -0.05) is 18.2 Å². The number of fused-ring (bicyclic) bond motifs is 2. The van der Waals surface area contributed by atoms with Crippen LogP contribution in [0.5, 0.6) is 5.75 Å². The molecule has 2 aromatic rings. The molecule has 4 rings (SSSR count). The second-order valence-corrected chi connectivity index (χ2v) is 7.08. The summed E-state index contributed by atoms with van der Waals surface area (Å²) in [6, 6.07) is 13.8. The SMILES string of the molecule is CN1OC2(N=C1N)c1cc(-c3cccc(C#N)c3)ccc1OCOCCCC2(F)F. The summed E-state index contributed by atoms with van der Waals surface area (Å²) in [5, 5.41) is 10.2. The van der Waals surface area contributed by atoms with Crippen LogP contribution in [0.4, 0.5) is 8.78 Å². The van der Waals surface area contributed by atoms with Crippen LogP contribution in [0.3, 0.4) is 0 Å². The summed E-state index contributed by atoms with van der Waals surface area (Å²) >= 11 is 0. The van der Waals surface area contributed by atoms with Crippen molar-refractivity contribution in [2.45, 2.75) is 24.5 Å². The minimum absolute atomic E-state index is 0.0326. The number of alkyl halides is 2. The third-order valence-corrected chi connectivity index (χ3v) is 5.11. The predicted molar refractivity (Wildman–Crippen MR) is 104 cm³/mol. The summed E-state index contributed by atoms with van der Waals surface area (Å²) in [5.74, 6) is -3.40. The Morgan fingerprint density at radius 3 is 2.73 bits per heavy atom. The summed E-state index contributed by atoms with van der Waals surface area (Å²) < 4.78 is 42.0. The van der Waals surface area contributed by atoms with Gasteiger partial charge in [0.2, 0.25) is 5.96 Å². The van der Waals surface area contributed by atoms with Gasteiger partial charge in [-0.05, 0) is 41.8 Å². The molecule has 0 aliphatic carbocycles. The molecule has 156 valence electrons. The molecule has 0 aromatic heterocycles. The van der Waals surface area contributed by atoms with E-state index in [4.69, 9.17) is 20.0 Å². The van der Waals surface area contributed by atoms with E-state index in [1.165, 1.54) is 13.1 Å². The predicted octanol–water partition coefficient (Wildman–Crippen LogP) is 3.35. The number of hydroxylamine groups is 2. The number of ether oxygens (including phenoxy) is 2. The summed E-state index contributed by atoms with van der Waals surface area (Å²) in [4.78, 5) is 9.66. The quantitative estimate of drug-likeness (QED) is 0.769. The first-order chi connectivity index (χ1) is 14.4. The average Bonchev–Trinajstić information content (AvgIpc) is 3.06. The smallest absolute Gasteiger partial charge is 0.303 e. The van der Waals surface area contributed by atoms with Gasteiger partial charge in [0.25, 0.3) is 5.72 Å². The molecule has 2 aromatic carbocycles. The number of benzene rings is 2. The third kappa shape index (κ3) is 3.34. The molecule has 9 heteroatoms. The van der Waals surface area contributed by atoms with Gasteiger partial charge in [-0.15, -0.1) is 0 Å². The first-order valence-corrected chi connectivity index (χ1v) is 9.38. The largest absolute Gasteiger partial charge is 0.467 e. The van der Waals surface area contributed by atoms with Crippen molar-refractivity contribution < 1.29 is 23.1 Å². The lowest BCUT2D eigenvalue weighted by atomic mass is 9.89. The maximum absolute atomic E-state index is 15.5. The molecule has 2 N–H and O–H groups in total. The molecule has 0 amide bonds. The number of hydrogen-bond acceptors (Lipinski definition) is 7. The van der Waals surface area contributed by atoms with Gasteiger partial charge < -0.3 is 15.2 Å². The highest BCUT2D eigenvalue weighted by Crippen LogP contribution is 2.51. The van der Waals surface area contributed by atoms with Crippen LogP contribution in [0.1, 0.15) is 24.0 Å². The summed E-state index contributed by atoms with van der Waals surface area (Å²) in [5.41, 5.74) is 5.23. The molecule has 1 unspecified atom stereocenters. The van der Waals surface area contributed by atoms with Gasteiger partial charge in [0, 0.05) is 13.5 Å². The van der Waals surface area contributed by atoms with E-state index in [0.717, 1.165) is 5.06 Å². The second kappa shape index (κ2) is 7.55. The van der Waals surface area contributed by atoms with Crippen LogP contribution in [0.2, 0.25) is 0 Å². The Balaban J connectivity index is 1.93. The van der Waals surface area contributed by atoms with Crippen molar-refractivity contribution in [3.05, 3.63) is 53.6 Å². The van der Waals surface area contributed by atoms with Gasteiger partial charge >= 0.3 is 5.92 Å². The van der Waals surface area contributed by atoms with E-state index in [1.807, 2.05) is 0 Å². The lowest BCUT2D eigenvalue weighted by Gasteiger charge is -2.35. The molecule has 1 atom stereocenters.